The molecule has 22 heavy (non-hydrogen) atoms. The van der Waals surface area contributed by atoms with Crippen molar-refractivity contribution in [2.75, 3.05) is 26.2 Å². The van der Waals surface area contributed by atoms with E-state index in [0.29, 0.717) is 12.0 Å². The summed E-state index contributed by atoms with van der Waals surface area (Å²) in [5.74, 6) is 0.275. The number of imide groups is 1. The highest BCUT2D eigenvalue weighted by atomic mass is 35.5. The lowest BCUT2D eigenvalue weighted by Crippen LogP contribution is -2.54. The zero-order valence-electron chi connectivity index (χ0n) is 13.6. The quantitative estimate of drug-likeness (QED) is 0.724. The van der Waals surface area contributed by atoms with Gasteiger partial charge in [0.15, 0.2) is 0 Å². The number of halogens is 1. The zero-order chi connectivity index (χ0) is 15.2. The normalized spacial score (nSPS) is 29.3. The molecule has 0 aromatic rings. The van der Waals surface area contributed by atoms with Gasteiger partial charge >= 0.3 is 6.03 Å². The van der Waals surface area contributed by atoms with Gasteiger partial charge in [-0.15, -0.1) is 12.4 Å². The smallest absolute Gasteiger partial charge is 0.321 e. The number of urea groups is 1. The van der Waals surface area contributed by atoms with Crippen LogP contribution in [0.4, 0.5) is 4.79 Å². The van der Waals surface area contributed by atoms with E-state index in [1.54, 1.807) is 0 Å². The van der Waals surface area contributed by atoms with Gasteiger partial charge in [-0.1, -0.05) is 19.8 Å². The molecule has 1 aliphatic carbocycles. The first-order valence-electron chi connectivity index (χ1n) is 8.11. The van der Waals surface area contributed by atoms with Gasteiger partial charge in [-0.2, -0.15) is 0 Å². The van der Waals surface area contributed by atoms with Gasteiger partial charge in [-0.05, 0) is 25.7 Å². The molecule has 2 fully saturated rings. The highest BCUT2D eigenvalue weighted by Crippen LogP contribution is 2.23. The Morgan fingerprint density at radius 2 is 1.95 bits per heavy atom. The van der Waals surface area contributed by atoms with Crippen LogP contribution in [0.2, 0.25) is 0 Å². The van der Waals surface area contributed by atoms with E-state index in [9.17, 15) is 9.59 Å². The molecule has 1 saturated heterocycles. The fourth-order valence-electron chi connectivity index (χ4n) is 3.20. The van der Waals surface area contributed by atoms with Crippen LogP contribution in [0, 0.1) is 5.92 Å². The van der Waals surface area contributed by atoms with Crippen molar-refractivity contribution in [2.24, 2.45) is 5.92 Å². The largest absolute Gasteiger partial charge is 0.335 e. The standard InChI is InChI=1S/C15H28N4O2.ClH/c1-11-5-3-4-6-13(11)17-15(21)18-14(20)10-19-8-7-16-9-12(19)2;/h11-13,16H,3-10H2,1-2H3,(H2,17,18,20,21);1H/t11?,12-,13?;/m1./s1. The molecule has 0 spiro atoms. The lowest BCUT2D eigenvalue weighted by molar-refractivity contribution is -0.121. The maximum Gasteiger partial charge on any atom is 0.321 e. The zero-order valence-corrected chi connectivity index (χ0v) is 14.4. The average molecular weight is 333 g/mol. The molecule has 3 N–H and O–H groups in total. The van der Waals surface area contributed by atoms with Crippen molar-refractivity contribution in [3.8, 4) is 0 Å². The molecule has 2 rings (SSSR count). The van der Waals surface area contributed by atoms with Gasteiger partial charge in [-0.3, -0.25) is 15.0 Å². The fourth-order valence-corrected chi connectivity index (χ4v) is 3.20. The van der Waals surface area contributed by atoms with Crippen molar-refractivity contribution >= 4 is 24.3 Å². The lowest BCUT2D eigenvalue weighted by Gasteiger charge is -2.33. The maximum atomic E-state index is 12.0. The number of piperazine rings is 1. The Kier molecular flexibility index (Phi) is 8.14. The molecule has 0 bridgehead atoms. The number of rotatable bonds is 3. The third-order valence-corrected chi connectivity index (χ3v) is 4.67. The average Bonchev–Trinajstić information content (AvgIpc) is 2.44. The highest BCUT2D eigenvalue weighted by Gasteiger charge is 2.24. The highest BCUT2D eigenvalue weighted by molar-refractivity contribution is 5.95. The third kappa shape index (κ3) is 5.74. The second kappa shape index (κ2) is 9.33. The minimum absolute atomic E-state index is 0. The molecular weight excluding hydrogens is 304 g/mol. The summed E-state index contributed by atoms with van der Waals surface area (Å²) in [5, 5.41) is 8.70. The molecule has 7 heteroatoms. The summed E-state index contributed by atoms with van der Waals surface area (Å²) >= 11 is 0. The van der Waals surface area contributed by atoms with Gasteiger partial charge in [0, 0.05) is 31.7 Å². The molecule has 2 aliphatic rings. The first kappa shape index (κ1) is 19.2. The first-order valence-corrected chi connectivity index (χ1v) is 8.11. The fraction of sp³-hybridized carbons (Fsp3) is 0.867. The molecule has 2 unspecified atom stereocenters. The SMILES string of the molecule is CC1CCCCC1NC(=O)NC(=O)CN1CCNC[C@H]1C.Cl. The Morgan fingerprint density at radius 3 is 2.64 bits per heavy atom. The van der Waals surface area contributed by atoms with Crippen molar-refractivity contribution in [1.82, 2.24) is 20.9 Å². The van der Waals surface area contributed by atoms with E-state index in [2.05, 4.69) is 34.7 Å². The number of amides is 3. The Balaban J connectivity index is 0.00000242. The Morgan fingerprint density at radius 1 is 1.23 bits per heavy atom. The molecule has 6 nitrogen and oxygen atoms in total. The molecule has 3 atom stereocenters. The molecule has 1 saturated carbocycles. The van der Waals surface area contributed by atoms with Crippen LogP contribution in [-0.2, 0) is 4.79 Å². The number of hydrogen-bond donors (Lipinski definition) is 3. The van der Waals surface area contributed by atoms with Crippen molar-refractivity contribution in [1.29, 1.82) is 0 Å². The van der Waals surface area contributed by atoms with Crippen molar-refractivity contribution < 1.29 is 9.59 Å². The van der Waals surface area contributed by atoms with Crippen molar-refractivity contribution in [3.63, 3.8) is 0 Å². The van der Waals surface area contributed by atoms with Crippen LogP contribution in [0.15, 0.2) is 0 Å². The number of hydrogen-bond acceptors (Lipinski definition) is 4. The Hall–Kier alpha value is -0.850. The molecule has 1 heterocycles. The van der Waals surface area contributed by atoms with Crippen LogP contribution < -0.4 is 16.0 Å². The molecule has 0 aromatic heterocycles. The molecule has 0 aromatic carbocycles. The molecule has 128 valence electrons. The van der Waals surface area contributed by atoms with E-state index in [4.69, 9.17) is 0 Å². The number of nitrogens with zero attached hydrogens (tertiary/aromatic N) is 1. The summed E-state index contributed by atoms with van der Waals surface area (Å²) < 4.78 is 0. The van der Waals surface area contributed by atoms with E-state index < -0.39 is 0 Å². The molecule has 0 radical (unpaired) electrons. The third-order valence-electron chi connectivity index (χ3n) is 4.67. The first-order chi connectivity index (χ1) is 10.1. The Labute approximate surface area is 139 Å². The second-order valence-electron chi connectivity index (χ2n) is 6.41. The van der Waals surface area contributed by atoms with Gasteiger partial charge in [0.05, 0.1) is 6.54 Å². The summed E-state index contributed by atoms with van der Waals surface area (Å²) in [6, 6.07) is 0.178. The van der Waals surface area contributed by atoms with Crippen LogP contribution in [-0.4, -0.2) is 55.1 Å². The van der Waals surface area contributed by atoms with Crippen LogP contribution >= 0.6 is 12.4 Å². The van der Waals surface area contributed by atoms with Gasteiger partial charge in [0.1, 0.15) is 0 Å². The van der Waals surface area contributed by atoms with Gasteiger partial charge < -0.3 is 10.6 Å². The summed E-state index contributed by atoms with van der Waals surface area (Å²) in [6.45, 7) is 7.16. The molecule has 3 amide bonds. The van der Waals surface area contributed by atoms with Crippen LogP contribution in [0.5, 0.6) is 0 Å². The Bertz CT molecular complexity index is 347. The summed E-state index contributed by atoms with van der Waals surface area (Å²) in [7, 11) is 0. The number of carbonyl (C=O) groups is 2. The van der Waals surface area contributed by atoms with Gasteiger partial charge in [0.25, 0.3) is 0 Å². The maximum absolute atomic E-state index is 12.0. The van der Waals surface area contributed by atoms with Gasteiger partial charge in [-0.25, -0.2) is 4.79 Å². The van der Waals surface area contributed by atoms with Gasteiger partial charge in [0.2, 0.25) is 5.91 Å². The predicted octanol–water partition coefficient (Wildman–Crippen LogP) is 1.11. The summed E-state index contributed by atoms with van der Waals surface area (Å²) in [6.07, 6.45) is 4.55. The number of carbonyl (C=O) groups excluding carboxylic acids is 2. The summed E-state index contributed by atoms with van der Waals surface area (Å²) in [5.41, 5.74) is 0. The van der Waals surface area contributed by atoms with Crippen molar-refractivity contribution in [2.45, 2.75) is 51.6 Å². The monoisotopic (exact) mass is 332 g/mol. The summed E-state index contributed by atoms with van der Waals surface area (Å²) in [4.78, 5) is 26.0. The predicted molar refractivity (Wildman–Crippen MR) is 89.2 cm³/mol. The van der Waals surface area contributed by atoms with Crippen LogP contribution in [0.3, 0.4) is 0 Å². The van der Waals surface area contributed by atoms with Crippen LogP contribution in [0.1, 0.15) is 39.5 Å². The topological polar surface area (TPSA) is 73.5 Å². The van der Waals surface area contributed by atoms with Crippen LogP contribution in [0.25, 0.3) is 0 Å². The lowest BCUT2D eigenvalue weighted by atomic mass is 9.86. The van der Waals surface area contributed by atoms with E-state index >= 15 is 0 Å². The molecule has 1 aliphatic heterocycles. The minimum atomic E-state index is -0.346. The second-order valence-corrected chi connectivity index (χ2v) is 6.41. The van der Waals surface area contributed by atoms with E-state index in [1.165, 1.54) is 6.42 Å². The molecular formula is C15H29ClN4O2. The van der Waals surface area contributed by atoms with Crippen molar-refractivity contribution in [3.05, 3.63) is 0 Å². The van der Waals surface area contributed by atoms with E-state index in [0.717, 1.165) is 38.9 Å². The van der Waals surface area contributed by atoms with E-state index in [-0.39, 0.29) is 36.9 Å². The van der Waals surface area contributed by atoms with E-state index in [1.807, 2.05) is 0 Å². The number of nitrogens with one attached hydrogen (secondary N) is 3. The minimum Gasteiger partial charge on any atom is -0.335 e.